The standard InChI is InChI=1S/C18H17N3O4S/c1-11-3-5-13(6-4-11)20-16(23)9-25-17(24)10-26-18-14(8-19)12(2)7-15(22)21-18/h3-7H,9-10H2,1-2H3,(H,20,23)(H,21,22). The molecule has 1 aromatic carbocycles. The van der Waals surface area contributed by atoms with Crippen molar-refractivity contribution in [3.05, 3.63) is 57.4 Å². The Morgan fingerprint density at radius 2 is 1.96 bits per heavy atom. The fraction of sp³-hybridized carbons (Fsp3) is 0.222. The van der Waals surface area contributed by atoms with Gasteiger partial charge >= 0.3 is 5.97 Å². The van der Waals surface area contributed by atoms with Crippen LogP contribution in [0.2, 0.25) is 0 Å². The largest absolute Gasteiger partial charge is 0.455 e. The fourth-order valence-electron chi connectivity index (χ4n) is 2.06. The minimum atomic E-state index is -0.625. The number of aromatic nitrogens is 1. The number of aromatic amines is 1. The molecule has 2 rings (SSSR count). The Morgan fingerprint density at radius 1 is 1.27 bits per heavy atom. The number of amides is 1. The van der Waals surface area contributed by atoms with Crippen LogP contribution in [0.15, 0.2) is 40.2 Å². The molecule has 1 heterocycles. The Labute approximate surface area is 154 Å². The quantitative estimate of drug-likeness (QED) is 0.594. The normalized spacial score (nSPS) is 10.0. The molecule has 8 heteroatoms. The van der Waals surface area contributed by atoms with Crippen molar-refractivity contribution in [1.82, 2.24) is 4.98 Å². The molecule has 0 radical (unpaired) electrons. The number of nitrogens with zero attached hydrogens (tertiary/aromatic N) is 1. The molecule has 2 N–H and O–H groups in total. The first-order valence-corrected chi connectivity index (χ1v) is 8.66. The molecule has 0 bridgehead atoms. The van der Waals surface area contributed by atoms with Crippen LogP contribution in [0.3, 0.4) is 0 Å². The number of thioether (sulfide) groups is 1. The molecule has 0 aliphatic heterocycles. The number of hydrogen-bond donors (Lipinski definition) is 2. The second kappa shape index (κ2) is 8.87. The predicted molar refractivity (Wildman–Crippen MR) is 98.0 cm³/mol. The van der Waals surface area contributed by atoms with E-state index in [-0.39, 0.29) is 11.3 Å². The number of benzene rings is 1. The van der Waals surface area contributed by atoms with Crippen LogP contribution in [-0.4, -0.2) is 29.2 Å². The number of rotatable bonds is 6. The van der Waals surface area contributed by atoms with Crippen LogP contribution in [-0.2, 0) is 14.3 Å². The maximum atomic E-state index is 11.8. The lowest BCUT2D eigenvalue weighted by Gasteiger charge is -2.08. The number of pyridine rings is 1. The van der Waals surface area contributed by atoms with Crippen molar-refractivity contribution in [2.75, 3.05) is 17.7 Å². The van der Waals surface area contributed by atoms with E-state index in [1.165, 1.54) is 6.07 Å². The number of carbonyl (C=O) groups excluding carboxylic acids is 2. The monoisotopic (exact) mass is 371 g/mol. The van der Waals surface area contributed by atoms with Gasteiger partial charge in [-0.2, -0.15) is 5.26 Å². The molecular formula is C18H17N3O4S. The minimum Gasteiger partial charge on any atom is -0.455 e. The second-order valence-electron chi connectivity index (χ2n) is 5.50. The van der Waals surface area contributed by atoms with Crippen molar-refractivity contribution in [2.24, 2.45) is 0 Å². The van der Waals surface area contributed by atoms with Gasteiger partial charge in [-0.05, 0) is 31.5 Å². The highest BCUT2D eigenvalue weighted by atomic mass is 32.2. The van der Waals surface area contributed by atoms with E-state index in [4.69, 9.17) is 10.00 Å². The maximum Gasteiger partial charge on any atom is 0.316 e. The molecule has 134 valence electrons. The molecule has 0 atom stereocenters. The van der Waals surface area contributed by atoms with Crippen LogP contribution >= 0.6 is 11.8 Å². The average Bonchev–Trinajstić information content (AvgIpc) is 2.59. The fourth-order valence-corrected chi connectivity index (χ4v) is 2.93. The highest BCUT2D eigenvalue weighted by molar-refractivity contribution is 7.99. The Morgan fingerprint density at radius 3 is 2.62 bits per heavy atom. The summed E-state index contributed by atoms with van der Waals surface area (Å²) in [7, 11) is 0. The van der Waals surface area contributed by atoms with Gasteiger partial charge in [0.25, 0.3) is 5.91 Å². The summed E-state index contributed by atoms with van der Waals surface area (Å²) in [6.07, 6.45) is 0. The van der Waals surface area contributed by atoms with Crippen molar-refractivity contribution in [1.29, 1.82) is 5.26 Å². The highest BCUT2D eigenvalue weighted by Gasteiger charge is 2.13. The highest BCUT2D eigenvalue weighted by Crippen LogP contribution is 2.20. The zero-order valence-electron chi connectivity index (χ0n) is 14.3. The summed E-state index contributed by atoms with van der Waals surface area (Å²) in [5.74, 6) is -1.21. The van der Waals surface area contributed by atoms with E-state index in [1.807, 2.05) is 25.1 Å². The lowest BCUT2D eigenvalue weighted by atomic mass is 10.2. The summed E-state index contributed by atoms with van der Waals surface area (Å²) in [4.78, 5) is 37.6. The average molecular weight is 371 g/mol. The molecule has 0 aliphatic rings. The molecule has 1 aromatic heterocycles. The van der Waals surface area contributed by atoms with Crippen molar-refractivity contribution < 1.29 is 14.3 Å². The Balaban J connectivity index is 1.84. The van der Waals surface area contributed by atoms with Crippen LogP contribution in [0.4, 0.5) is 5.69 Å². The van der Waals surface area contributed by atoms with E-state index >= 15 is 0 Å². The first-order valence-electron chi connectivity index (χ1n) is 7.68. The van der Waals surface area contributed by atoms with E-state index in [1.54, 1.807) is 19.1 Å². The van der Waals surface area contributed by atoms with Gasteiger partial charge in [0.05, 0.1) is 16.3 Å². The van der Waals surface area contributed by atoms with Gasteiger partial charge in [-0.15, -0.1) is 0 Å². The SMILES string of the molecule is Cc1ccc(NC(=O)COC(=O)CSc2[nH]c(=O)cc(C)c2C#N)cc1. The third-order valence-electron chi connectivity index (χ3n) is 3.35. The summed E-state index contributed by atoms with van der Waals surface area (Å²) in [6, 6.07) is 10.5. The molecule has 26 heavy (non-hydrogen) atoms. The summed E-state index contributed by atoms with van der Waals surface area (Å²) in [5, 5.41) is 12.1. The van der Waals surface area contributed by atoms with Crippen molar-refractivity contribution in [3.8, 4) is 6.07 Å². The molecule has 7 nitrogen and oxygen atoms in total. The van der Waals surface area contributed by atoms with E-state index < -0.39 is 18.5 Å². The zero-order valence-corrected chi connectivity index (χ0v) is 15.1. The third kappa shape index (κ3) is 5.50. The van der Waals surface area contributed by atoms with Crippen LogP contribution in [0.5, 0.6) is 0 Å². The smallest absolute Gasteiger partial charge is 0.316 e. The molecule has 0 aliphatic carbocycles. The van der Waals surface area contributed by atoms with Gasteiger partial charge < -0.3 is 15.0 Å². The Bertz CT molecular complexity index is 914. The minimum absolute atomic E-state index is 0.133. The summed E-state index contributed by atoms with van der Waals surface area (Å²) < 4.78 is 4.91. The number of aryl methyl sites for hydroxylation is 2. The Kier molecular flexibility index (Phi) is 6.58. The van der Waals surface area contributed by atoms with Gasteiger partial charge in [0, 0.05) is 11.8 Å². The van der Waals surface area contributed by atoms with Crippen LogP contribution in [0, 0.1) is 25.2 Å². The number of ether oxygens (including phenoxy) is 1. The third-order valence-corrected chi connectivity index (χ3v) is 4.33. The number of anilines is 1. The first-order chi connectivity index (χ1) is 12.4. The molecule has 0 saturated carbocycles. The van der Waals surface area contributed by atoms with Gasteiger partial charge in [-0.25, -0.2) is 0 Å². The van der Waals surface area contributed by atoms with E-state index in [0.29, 0.717) is 21.8 Å². The topological polar surface area (TPSA) is 112 Å². The van der Waals surface area contributed by atoms with Crippen LogP contribution in [0.1, 0.15) is 16.7 Å². The number of nitriles is 1. The van der Waals surface area contributed by atoms with Gasteiger partial charge in [-0.1, -0.05) is 29.5 Å². The van der Waals surface area contributed by atoms with E-state index in [2.05, 4.69) is 10.3 Å². The number of nitrogens with one attached hydrogen (secondary N) is 2. The van der Waals surface area contributed by atoms with Gasteiger partial charge in [0.1, 0.15) is 6.07 Å². The van der Waals surface area contributed by atoms with Crippen molar-refractivity contribution in [2.45, 2.75) is 18.9 Å². The van der Waals surface area contributed by atoms with Crippen molar-refractivity contribution in [3.63, 3.8) is 0 Å². The maximum absolute atomic E-state index is 11.8. The lowest BCUT2D eigenvalue weighted by Crippen LogP contribution is -2.21. The van der Waals surface area contributed by atoms with Gasteiger partial charge in [-0.3, -0.25) is 14.4 Å². The molecule has 0 unspecified atom stereocenters. The molecule has 2 aromatic rings. The predicted octanol–water partition coefficient (Wildman–Crippen LogP) is 2.14. The van der Waals surface area contributed by atoms with Crippen LogP contribution < -0.4 is 10.9 Å². The van der Waals surface area contributed by atoms with Crippen LogP contribution in [0.25, 0.3) is 0 Å². The molecule has 0 fully saturated rings. The van der Waals surface area contributed by atoms with Gasteiger partial charge in [0.2, 0.25) is 5.56 Å². The zero-order chi connectivity index (χ0) is 19.1. The number of carbonyl (C=O) groups is 2. The summed E-state index contributed by atoms with van der Waals surface area (Å²) in [5.41, 5.74) is 2.17. The second-order valence-corrected chi connectivity index (χ2v) is 6.48. The summed E-state index contributed by atoms with van der Waals surface area (Å²) >= 11 is 0.981. The van der Waals surface area contributed by atoms with Gasteiger partial charge in [0.15, 0.2) is 6.61 Å². The Hall–Kier alpha value is -3.05. The first kappa shape index (κ1) is 19.3. The summed E-state index contributed by atoms with van der Waals surface area (Å²) in [6.45, 7) is 3.17. The molecule has 0 spiro atoms. The van der Waals surface area contributed by atoms with E-state index in [0.717, 1.165) is 17.3 Å². The molecule has 0 saturated heterocycles. The molecular weight excluding hydrogens is 354 g/mol. The molecule has 1 amide bonds. The number of hydrogen-bond acceptors (Lipinski definition) is 6. The van der Waals surface area contributed by atoms with E-state index in [9.17, 15) is 14.4 Å². The number of H-pyrrole nitrogens is 1. The van der Waals surface area contributed by atoms with Crippen molar-refractivity contribution >= 4 is 29.3 Å². The number of esters is 1. The lowest BCUT2D eigenvalue weighted by molar-refractivity contribution is -0.144.